The summed E-state index contributed by atoms with van der Waals surface area (Å²) in [6.07, 6.45) is 2.17. The van der Waals surface area contributed by atoms with Crippen LogP contribution in [-0.4, -0.2) is 37.0 Å². The molecule has 1 aromatic rings. The van der Waals surface area contributed by atoms with E-state index < -0.39 is 0 Å². The zero-order valence-corrected chi connectivity index (χ0v) is 10.8. The molecule has 4 nitrogen and oxygen atoms in total. The van der Waals surface area contributed by atoms with Crippen LogP contribution in [0.2, 0.25) is 0 Å². The standard InChI is InChI=1S/C11H15BrN2O2/c1-14-6-2-3-8(7-14)13-11(15)9-4-5-10(12)16-9/h4-5,8H,2-3,6-7H2,1H3,(H,13,15). The molecule has 1 N–H and O–H groups in total. The van der Waals surface area contributed by atoms with Crippen LogP contribution < -0.4 is 5.32 Å². The molecule has 0 aromatic carbocycles. The molecule has 1 unspecified atom stereocenters. The molecule has 2 heterocycles. The molecular weight excluding hydrogens is 272 g/mol. The van der Waals surface area contributed by atoms with Gasteiger partial charge in [0.05, 0.1) is 0 Å². The maximum atomic E-state index is 11.8. The third-order valence-electron chi connectivity index (χ3n) is 2.76. The molecule has 88 valence electrons. The molecule has 0 radical (unpaired) electrons. The van der Waals surface area contributed by atoms with E-state index in [1.807, 2.05) is 0 Å². The van der Waals surface area contributed by atoms with Crippen LogP contribution in [0.25, 0.3) is 0 Å². The van der Waals surface area contributed by atoms with Gasteiger partial charge in [-0.25, -0.2) is 0 Å². The lowest BCUT2D eigenvalue weighted by Gasteiger charge is -2.29. The Labute approximate surface area is 103 Å². The van der Waals surface area contributed by atoms with Crippen LogP contribution >= 0.6 is 15.9 Å². The van der Waals surface area contributed by atoms with Gasteiger partial charge < -0.3 is 14.6 Å². The lowest BCUT2D eigenvalue weighted by atomic mass is 10.1. The van der Waals surface area contributed by atoms with Crippen LogP contribution in [0.15, 0.2) is 21.2 Å². The average molecular weight is 287 g/mol. The summed E-state index contributed by atoms with van der Waals surface area (Å²) < 4.78 is 5.79. The van der Waals surface area contributed by atoms with Crippen molar-refractivity contribution in [2.24, 2.45) is 0 Å². The fourth-order valence-corrected chi connectivity index (χ4v) is 2.28. The van der Waals surface area contributed by atoms with E-state index >= 15 is 0 Å². The Balaban J connectivity index is 1.92. The maximum absolute atomic E-state index is 11.8. The number of carbonyl (C=O) groups excluding carboxylic acids is 1. The molecule has 1 aliphatic heterocycles. The van der Waals surface area contributed by atoms with Gasteiger partial charge in [-0.05, 0) is 54.5 Å². The molecule has 0 spiro atoms. The van der Waals surface area contributed by atoms with Crippen LogP contribution in [0.4, 0.5) is 0 Å². The number of amides is 1. The van der Waals surface area contributed by atoms with Gasteiger partial charge in [-0.1, -0.05) is 0 Å². The summed E-state index contributed by atoms with van der Waals surface area (Å²) in [5.41, 5.74) is 0. The number of likely N-dealkylation sites (tertiary alicyclic amines) is 1. The van der Waals surface area contributed by atoms with E-state index in [0.717, 1.165) is 25.9 Å². The van der Waals surface area contributed by atoms with Gasteiger partial charge in [0.2, 0.25) is 0 Å². The van der Waals surface area contributed by atoms with Crippen LogP contribution in [0.1, 0.15) is 23.4 Å². The van der Waals surface area contributed by atoms with Crippen LogP contribution in [0, 0.1) is 0 Å². The number of likely N-dealkylation sites (N-methyl/N-ethyl adjacent to an activating group) is 1. The zero-order chi connectivity index (χ0) is 11.5. The predicted molar refractivity (Wildman–Crippen MR) is 64.4 cm³/mol. The summed E-state index contributed by atoms with van der Waals surface area (Å²) in [6, 6.07) is 3.63. The number of nitrogens with zero attached hydrogens (tertiary/aromatic N) is 1. The van der Waals surface area contributed by atoms with E-state index in [0.29, 0.717) is 10.4 Å². The lowest BCUT2D eigenvalue weighted by Crippen LogP contribution is -2.46. The van der Waals surface area contributed by atoms with Gasteiger partial charge in [-0.15, -0.1) is 0 Å². The highest BCUT2D eigenvalue weighted by molar-refractivity contribution is 9.10. The number of nitrogens with one attached hydrogen (secondary N) is 1. The van der Waals surface area contributed by atoms with Gasteiger partial charge in [0.1, 0.15) is 0 Å². The summed E-state index contributed by atoms with van der Waals surface area (Å²) in [5, 5.41) is 2.98. The van der Waals surface area contributed by atoms with E-state index in [-0.39, 0.29) is 11.9 Å². The Morgan fingerprint density at radius 3 is 3.06 bits per heavy atom. The molecule has 1 amide bonds. The molecule has 5 heteroatoms. The van der Waals surface area contributed by atoms with Gasteiger partial charge >= 0.3 is 0 Å². The Morgan fingerprint density at radius 2 is 2.44 bits per heavy atom. The van der Waals surface area contributed by atoms with Crippen LogP contribution in [0.5, 0.6) is 0 Å². The minimum atomic E-state index is -0.133. The Bertz CT molecular complexity index is 378. The summed E-state index contributed by atoms with van der Waals surface area (Å²) >= 11 is 3.18. The van der Waals surface area contributed by atoms with Crippen molar-refractivity contribution in [2.75, 3.05) is 20.1 Å². The highest BCUT2D eigenvalue weighted by Gasteiger charge is 2.20. The van der Waals surface area contributed by atoms with Crippen LogP contribution in [0.3, 0.4) is 0 Å². The Morgan fingerprint density at radius 1 is 1.62 bits per heavy atom. The number of furan rings is 1. The number of halogens is 1. The number of hydrogen-bond acceptors (Lipinski definition) is 3. The molecule has 2 rings (SSSR count). The molecular formula is C11H15BrN2O2. The van der Waals surface area contributed by atoms with Gasteiger partial charge in [0.25, 0.3) is 5.91 Å². The van der Waals surface area contributed by atoms with Crippen molar-refractivity contribution in [2.45, 2.75) is 18.9 Å². The highest BCUT2D eigenvalue weighted by Crippen LogP contribution is 2.15. The molecule has 0 saturated carbocycles. The third-order valence-corrected chi connectivity index (χ3v) is 3.18. The number of piperidine rings is 1. The van der Waals surface area contributed by atoms with Crippen LogP contribution in [-0.2, 0) is 0 Å². The van der Waals surface area contributed by atoms with Gasteiger partial charge in [0, 0.05) is 12.6 Å². The first-order chi connectivity index (χ1) is 7.65. The first-order valence-electron chi connectivity index (χ1n) is 5.40. The summed E-state index contributed by atoms with van der Waals surface area (Å²) in [4.78, 5) is 14.0. The van der Waals surface area contributed by atoms with Crippen molar-refractivity contribution in [3.63, 3.8) is 0 Å². The molecule has 1 aliphatic rings. The molecule has 1 fully saturated rings. The fraction of sp³-hybridized carbons (Fsp3) is 0.545. The largest absolute Gasteiger partial charge is 0.444 e. The second-order valence-electron chi connectivity index (χ2n) is 4.18. The quantitative estimate of drug-likeness (QED) is 0.903. The van der Waals surface area contributed by atoms with Crippen molar-refractivity contribution >= 4 is 21.8 Å². The molecule has 1 aromatic heterocycles. The first-order valence-corrected chi connectivity index (χ1v) is 6.19. The second kappa shape index (κ2) is 5.01. The number of hydrogen-bond donors (Lipinski definition) is 1. The van der Waals surface area contributed by atoms with Crippen molar-refractivity contribution in [1.29, 1.82) is 0 Å². The van der Waals surface area contributed by atoms with E-state index in [9.17, 15) is 4.79 Å². The topological polar surface area (TPSA) is 45.5 Å². The summed E-state index contributed by atoms with van der Waals surface area (Å²) in [5.74, 6) is 0.228. The van der Waals surface area contributed by atoms with Gasteiger partial charge in [0.15, 0.2) is 10.4 Å². The average Bonchev–Trinajstić information content (AvgIpc) is 2.65. The maximum Gasteiger partial charge on any atom is 0.287 e. The number of carbonyl (C=O) groups is 1. The van der Waals surface area contributed by atoms with E-state index in [4.69, 9.17) is 4.42 Å². The van der Waals surface area contributed by atoms with Crippen molar-refractivity contribution < 1.29 is 9.21 Å². The van der Waals surface area contributed by atoms with Crippen molar-refractivity contribution in [1.82, 2.24) is 10.2 Å². The fourth-order valence-electron chi connectivity index (χ4n) is 1.98. The van der Waals surface area contributed by atoms with E-state index in [1.54, 1.807) is 12.1 Å². The minimum Gasteiger partial charge on any atom is -0.444 e. The Hall–Kier alpha value is -0.810. The monoisotopic (exact) mass is 286 g/mol. The van der Waals surface area contributed by atoms with E-state index in [2.05, 4.69) is 33.2 Å². The van der Waals surface area contributed by atoms with Crippen molar-refractivity contribution in [3.8, 4) is 0 Å². The molecule has 16 heavy (non-hydrogen) atoms. The molecule has 0 bridgehead atoms. The Kier molecular flexibility index (Phi) is 3.66. The van der Waals surface area contributed by atoms with Crippen molar-refractivity contribution in [3.05, 3.63) is 22.6 Å². The smallest absolute Gasteiger partial charge is 0.287 e. The molecule has 0 aliphatic carbocycles. The minimum absolute atomic E-state index is 0.133. The van der Waals surface area contributed by atoms with Gasteiger partial charge in [-0.2, -0.15) is 0 Å². The third kappa shape index (κ3) is 2.86. The second-order valence-corrected chi connectivity index (χ2v) is 4.96. The first kappa shape index (κ1) is 11.7. The van der Waals surface area contributed by atoms with Gasteiger partial charge in [-0.3, -0.25) is 4.79 Å². The zero-order valence-electron chi connectivity index (χ0n) is 9.20. The summed E-state index contributed by atoms with van der Waals surface area (Å²) in [6.45, 7) is 2.02. The lowest BCUT2D eigenvalue weighted by molar-refractivity contribution is 0.0883. The SMILES string of the molecule is CN1CCCC(NC(=O)c2ccc(Br)o2)C1. The van der Waals surface area contributed by atoms with E-state index in [1.165, 1.54) is 0 Å². The summed E-state index contributed by atoms with van der Waals surface area (Å²) in [7, 11) is 2.07. The normalized spacial score (nSPS) is 22.0. The molecule has 1 saturated heterocycles. The predicted octanol–water partition coefficient (Wildman–Crippen LogP) is 1.87. The highest BCUT2D eigenvalue weighted by atomic mass is 79.9. The molecule has 1 atom stereocenters. The number of rotatable bonds is 2.